The lowest BCUT2D eigenvalue weighted by Crippen LogP contribution is -2.63. The molecule has 0 aromatic heterocycles. The lowest BCUT2D eigenvalue weighted by Gasteiger charge is -2.52. The fraction of sp³-hybridized carbons (Fsp3) is 0.714. The van der Waals surface area contributed by atoms with E-state index in [0.29, 0.717) is 11.8 Å². The molecule has 2 aliphatic heterocycles. The molecule has 3 fully saturated rings. The number of phenolic OH excluding ortho intramolecular Hbond substituents is 1. The van der Waals surface area contributed by atoms with E-state index in [2.05, 4.69) is 15.9 Å². The van der Waals surface area contributed by atoms with Crippen molar-refractivity contribution in [3.05, 3.63) is 23.8 Å². The highest BCUT2D eigenvalue weighted by molar-refractivity contribution is 5.41. The first kappa shape index (κ1) is 18.1. The second-order valence-electron chi connectivity index (χ2n) is 8.13. The molecule has 2 atom stereocenters. The molecule has 2 heterocycles. The maximum atomic E-state index is 10.1. The number of nitrogens with zero attached hydrogens (tertiary/aromatic N) is 2. The molecule has 1 N–H and O–H groups in total. The Morgan fingerprint density at radius 3 is 2.81 bits per heavy atom. The highest BCUT2D eigenvalue weighted by Gasteiger charge is 2.47. The summed E-state index contributed by atoms with van der Waals surface area (Å²) in [6.45, 7) is 6.11. The Morgan fingerprint density at radius 1 is 1.19 bits per heavy atom. The van der Waals surface area contributed by atoms with Crippen molar-refractivity contribution in [1.29, 1.82) is 0 Å². The minimum absolute atomic E-state index is 0.00461. The largest absolute Gasteiger partial charge is 0.504 e. The number of benzene rings is 1. The molecule has 1 aromatic carbocycles. The quantitative estimate of drug-likeness (QED) is 0.894. The SMILES string of the molecule is COc1ccc(CN2CCO[C@@]3(CCCC[C@H]3N3CCCC3)C2)cc1O. The van der Waals surface area contributed by atoms with Gasteiger partial charge in [-0.25, -0.2) is 0 Å². The molecular weight excluding hydrogens is 328 g/mol. The Morgan fingerprint density at radius 2 is 2.04 bits per heavy atom. The number of hydrogen-bond acceptors (Lipinski definition) is 5. The van der Waals surface area contributed by atoms with Crippen LogP contribution in [0.25, 0.3) is 0 Å². The van der Waals surface area contributed by atoms with Gasteiger partial charge >= 0.3 is 0 Å². The van der Waals surface area contributed by atoms with Crippen molar-refractivity contribution in [3.63, 3.8) is 0 Å². The highest BCUT2D eigenvalue weighted by atomic mass is 16.5. The summed E-state index contributed by atoms with van der Waals surface area (Å²) in [6, 6.07) is 6.32. The number of likely N-dealkylation sites (tertiary alicyclic amines) is 1. The van der Waals surface area contributed by atoms with Crippen molar-refractivity contribution in [2.45, 2.75) is 56.7 Å². The van der Waals surface area contributed by atoms with Gasteiger partial charge in [-0.15, -0.1) is 0 Å². The van der Waals surface area contributed by atoms with Crippen LogP contribution in [-0.4, -0.2) is 66.4 Å². The van der Waals surface area contributed by atoms with Gasteiger partial charge in [-0.05, 0) is 56.5 Å². The van der Waals surface area contributed by atoms with Gasteiger partial charge in [0.15, 0.2) is 11.5 Å². The van der Waals surface area contributed by atoms with E-state index in [1.165, 1.54) is 51.6 Å². The molecule has 1 saturated carbocycles. The van der Waals surface area contributed by atoms with E-state index in [1.54, 1.807) is 7.11 Å². The van der Waals surface area contributed by atoms with E-state index in [1.807, 2.05) is 12.1 Å². The van der Waals surface area contributed by atoms with E-state index in [9.17, 15) is 5.11 Å². The van der Waals surface area contributed by atoms with Crippen molar-refractivity contribution < 1.29 is 14.6 Å². The van der Waals surface area contributed by atoms with Crippen LogP contribution in [0.2, 0.25) is 0 Å². The van der Waals surface area contributed by atoms with Crippen LogP contribution in [0, 0.1) is 0 Å². The van der Waals surface area contributed by atoms with Gasteiger partial charge in [0.05, 0.1) is 19.3 Å². The average Bonchev–Trinajstić information content (AvgIpc) is 3.17. The molecule has 5 heteroatoms. The molecular formula is C21H32N2O3. The number of rotatable bonds is 4. The zero-order valence-corrected chi connectivity index (χ0v) is 16.0. The Hall–Kier alpha value is -1.30. The fourth-order valence-corrected chi connectivity index (χ4v) is 5.22. The predicted octanol–water partition coefficient (Wildman–Crippen LogP) is 3.01. The van der Waals surface area contributed by atoms with Gasteiger partial charge in [-0.1, -0.05) is 18.9 Å². The van der Waals surface area contributed by atoms with Crippen LogP contribution >= 0.6 is 0 Å². The van der Waals surface area contributed by atoms with Crippen molar-refractivity contribution in [1.82, 2.24) is 9.80 Å². The highest BCUT2D eigenvalue weighted by Crippen LogP contribution is 2.39. The summed E-state index contributed by atoms with van der Waals surface area (Å²) >= 11 is 0. The van der Waals surface area contributed by atoms with Crippen LogP contribution in [-0.2, 0) is 11.3 Å². The molecule has 4 rings (SSSR count). The summed E-state index contributed by atoms with van der Waals surface area (Å²) < 4.78 is 11.7. The van der Waals surface area contributed by atoms with Gasteiger partial charge in [0, 0.05) is 25.7 Å². The van der Waals surface area contributed by atoms with E-state index in [-0.39, 0.29) is 11.4 Å². The maximum absolute atomic E-state index is 10.1. The van der Waals surface area contributed by atoms with E-state index in [0.717, 1.165) is 31.8 Å². The Bertz CT molecular complexity index is 613. The molecule has 0 amide bonds. The number of phenols is 1. The number of hydrogen-bond donors (Lipinski definition) is 1. The first-order valence-electron chi connectivity index (χ1n) is 10.2. The molecule has 0 radical (unpaired) electrons. The molecule has 1 spiro atoms. The molecule has 5 nitrogen and oxygen atoms in total. The monoisotopic (exact) mass is 360 g/mol. The normalized spacial score (nSPS) is 30.7. The Kier molecular flexibility index (Phi) is 5.39. The van der Waals surface area contributed by atoms with Crippen LogP contribution < -0.4 is 4.74 Å². The third-order valence-corrected chi connectivity index (χ3v) is 6.45. The molecule has 2 saturated heterocycles. The first-order chi connectivity index (χ1) is 12.7. The van der Waals surface area contributed by atoms with Gasteiger partial charge < -0.3 is 14.6 Å². The average molecular weight is 360 g/mol. The minimum Gasteiger partial charge on any atom is -0.504 e. The summed E-state index contributed by atoms with van der Waals surface area (Å²) in [7, 11) is 1.59. The van der Waals surface area contributed by atoms with Gasteiger partial charge in [0.2, 0.25) is 0 Å². The molecule has 144 valence electrons. The molecule has 1 aliphatic carbocycles. The van der Waals surface area contributed by atoms with Crippen molar-refractivity contribution in [2.24, 2.45) is 0 Å². The smallest absolute Gasteiger partial charge is 0.160 e. The van der Waals surface area contributed by atoms with Gasteiger partial charge in [0.25, 0.3) is 0 Å². The van der Waals surface area contributed by atoms with Gasteiger partial charge in [0.1, 0.15) is 0 Å². The number of ether oxygens (including phenoxy) is 2. The predicted molar refractivity (Wildman–Crippen MR) is 102 cm³/mol. The molecule has 0 bridgehead atoms. The van der Waals surface area contributed by atoms with Crippen molar-refractivity contribution >= 4 is 0 Å². The van der Waals surface area contributed by atoms with Crippen LogP contribution in [0.15, 0.2) is 18.2 Å². The lowest BCUT2D eigenvalue weighted by atomic mass is 9.78. The van der Waals surface area contributed by atoms with Crippen LogP contribution in [0.5, 0.6) is 11.5 Å². The summed E-state index contributed by atoms with van der Waals surface area (Å²) in [6.07, 6.45) is 7.73. The Balaban J connectivity index is 1.48. The second kappa shape index (κ2) is 7.75. The lowest BCUT2D eigenvalue weighted by molar-refractivity contribution is -0.165. The number of morpholine rings is 1. The standard InChI is InChI=1S/C21H32N2O3/c1-25-19-8-7-17(14-18(19)24)15-22-12-13-26-21(16-22)9-3-2-6-20(21)23-10-4-5-11-23/h7-8,14,20,24H,2-6,9-13,15-16H2,1H3/t20-,21+/m1/s1. The zero-order valence-electron chi connectivity index (χ0n) is 16.0. The van der Waals surface area contributed by atoms with Crippen molar-refractivity contribution in [3.8, 4) is 11.5 Å². The first-order valence-corrected chi connectivity index (χ1v) is 10.2. The minimum atomic E-state index is -0.00461. The maximum Gasteiger partial charge on any atom is 0.160 e. The summed E-state index contributed by atoms with van der Waals surface area (Å²) in [4.78, 5) is 5.21. The second-order valence-corrected chi connectivity index (χ2v) is 8.13. The summed E-state index contributed by atoms with van der Waals surface area (Å²) in [5, 5.41) is 10.1. The summed E-state index contributed by atoms with van der Waals surface area (Å²) in [5.41, 5.74) is 1.13. The van der Waals surface area contributed by atoms with Crippen LogP contribution in [0.4, 0.5) is 0 Å². The van der Waals surface area contributed by atoms with Gasteiger partial charge in [-0.3, -0.25) is 9.80 Å². The summed E-state index contributed by atoms with van der Waals surface area (Å²) in [5.74, 6) is 0.758. The molecule has 26 heavy (non-hydrogen) atoms. The van der Waals surface area contributed by atoms with E-state index < -0.39 is 0 Å². The zero-order chi connectivity index (χ0) is 18.0. The van der Waals surface area contributed by atoms with E-state index in [4.69, 9.17) is 9.47 Å². The topological polar surface area (TPSA) is 45.2 Å². The van der Waals surface area contributed by atoms with Crippen molar-refractivity contribution in [2.75, 3.05) is 39.9 Å². The molecule has 3 aliphatic rings. The van der Waals surface area contributed by atoms with E-state index >= 15 is 0 Å². The van der Waals surface area contributed by atoms with Crippen LogP contribution in [0.3, 0.4) is 0 Å². The fourth-order valence-electron chi connectivity index (χ4n) is 5.22. The number of methoxy groups -OCH3 is 1. The third kappa shape index (κ3) is 3.57. The molecule has 1 aromatic rings. The van der Waals surface area contributed by atoms with Crippen LogP contribution in [0.1, 0.15) is 44.1 Å². The Labute approximate surface area is 156 Å². The third-order valence-electron chi connectivity index (χ3n) is 6.45. The number of aromatic hydroxyl groups is 1. The van der Waals surface area contributed by atoms with Gasteiger partial charge in [-0.2, -0.15) is 0 Å². The molecule has 0 unspecified atom stereocenters.